The van der Waals surface area contributed by atoms with Gasteiger partial charge in [0, 0.05) is 0 Å². The number of rotatable bonds is 6. The summed E-state index contributed by atoms with van der Waals surface area (Å²) in [5.41, 5.74) is 2.07. The third-order valence-corrected chi connectivity index (χ3v) is 6.77. The molecule has 182 valence electrons. The first-order chi connectivity index (χ1) is 16.7. The van der Waals surface area contributed by atoms with E-state index in [9.17, 15) is 9.59 Å². The second-order valence-corrected chi connectivity index (χ2v) is 9.62. The molecular weight excluding hydrogens is 488 g/mol. The van der Waals surface area contributed by atoms with Crippen molar-refractivity contribution in [3.63, 3.8) is 0 Å². The SMILES string of the molecule is COc1ccc([C@H]2C(C(=O)OC(C)C)=C(C)N=c3s/c(=C/c4ccc(OC)c(Cl)c4)c(=O)n32)cc1. The minimum Gasteiger partial charge on any atom is -0.497 e. The first kappa shape index (κ1) is 24.8. The van der Waals surface area contributed by atoms with Crippen LogP contribution in [0.2, 0.25) is 5.02 Å². The molecule has 1 aliphatic rings. The van der Waals surface area contributed by atoms with Gasteiger partial charge in [0.15, 0.2) is 4.80 Å². The van der Waals surface area contributed by atoms with E-state index >= 15 is 0 Å². The lowest BCUT2D eigenvalue weighted by Crippen LogP contribution is -2.40. The summed E-state index contributed by atoms with van der Waals surface area (Å²) in [4.78, 5) is 31.9. The fraction of sp³-hybridized carbons (Fsp3) is 0.269. The fourth-order valence-corrected chi connectivity index (χ4v) is 5.20. The van der Waals surface area contributed by atoms with Crippen LogP contribution in [0.25, 0.3) is 6.08 Å². The Morgan fingerprint density at radius 1 is 1.14 bits per heavy atom. The van der Waals surface area contributed by atoms with Crippen LogP contribution in [0.5, 0.6) is 11.5 Å². The topological polar surface area (TPSA) is 79.1 Å². The monoisotopic (exact) mass is 512 g/mol. The lowest BCUT2D eigenvalue weighted by molar-refractivity contribution is -0.143. The predicted molar refractivity (Wildman–Crippen MR) is 136 cm³/mol. The normalized spacial score (nSPS) is 15.6. The van der Waals surface area contributed by atoms with Crippen molar-refractivity contribution in [1.29, 1.82) is 0 Å². The number of ether oxygens (including phenoxy) is 3. The standard InChI is InChI=1S/C26H25ClN2O5S/c1-14(2)34-25(31)22-15(3)28-26-29(23(22)17-7-9-18(32-4)10-8-17)24(30)21(35-26)13-16-6-11-20(33-5)19(27)12-16/h6-14,23H,1-5H3/b21-13+/t23-/m0/s1. The van der Waals surface area contributed by atoms with Crippen molar-refractivity contribution in [3.05, 3.63) is 89.6 Å². The van der Waals surface area contributed by atoms with Gasteiger partial charge in [-0.05, 0) is 62.2 Å². The quantitative estimate of drug-likeness (QED) is 0.469. The van der Waals surface area contributed by atoms with Crippen molar-refractivity contribution in [2.45, 2.75) is 32.9 Å². The van der Waals surface area contributed by atoms with E-state index in [0.717, 1.165) is 11.1 Å². The Hall–Kier alpha value is -3.36. The molecule has 0 amide bonds. The van der Waals surface area contributed by atoms with Crippen LogP contribution in [-0.2, 0) is 9.53 Å². The van der Waals surface area contributed by atoms with Crippen molar-refractivity contribution in [2.75, 3.05) is 14.2 Å². The molecule has 1 atom stereocenters. The van der Waals surface area contributed by atoms with Gasteiger partial charge in [0.1, 0.15) is 11.5 Å². The molecule has 0 saturated heterocycles. The molecule has 2 heterocycles. The first-order valence-electron chi connectivity index (χ1n) is 10.9. The number of hydrogen-bond acceptors (Lipinski definition) is 7. The van der Waals surface area contributed by atoms with E-state index < -0.39 is 12.0 Å². The molecule has 3 aromatic rings. The molecule has 35 heavy (non-hydrogen) atoms. The maximum atomic E-state index is 13.7. The molecule has 0 fully saturated rings. The van der Waals surface area contributed by atoms with Gasteiger partial charge in [0.2, 0.25) is 0 Å². The van der Waals surface area contributed by atoms with Gasteiger partial charge in [-0.25, -0.2) is 9.79 Å². The minimum absolute atomic E-state index is 0.260. The van der Waals surface area contributed by atoms with Gasteiger partial charge in [-0.1, -0.05) is 41.1 Å². The Labute approximate surface area is 211 Å². The number of carbonyl (C=O) groups excluding carboxylic acids is 1. The van der Waals surface area contributed by atoms with Crippen LogP contribution in [0, 0.1) is 0 Å². The molecule has 0 spiro atoms. The van der Waals surface area contributed by atoms with E-state index in [1.165, 1.54) is 11.3 Å². The van der Waals surface area contributed by atoms with E-state index in [-0.39, 0.29) is 11.7 Å². The first-order valence-corrected chi connectivity index (χ1v) is 12.1. The molecule has 1 aliphatic heterocycles. The minimum atomic E-state index is -0.690. The Bertz CT molecular complexity index is 1490. The zero-order valence-corrected chi connectivity index (χ0v) is 21.6. The van der Waals surface area contributed by atoms with E-state index in [0.29, 0.717) is 37.1 Å². The van der Waals surface area contributed by atoms with Crippen LogP contribution in [0.15, 0.2) is 63.5 Å². The van der Waals surface area contributed by atoms with E-state index in [2.05, 4.69) is 4.99 Å². The number of aromatic nitrogens is 1. The summed E-state index contributed by atoms with van der Waals surface area (Å²) >= 11 is 7.52. The number of halogens is 1. The fourth-order valence-electron chi connectivity index (χ4n) is 3.89. The number of thiazole rings is 1. The average molecular weight is 513 g/mol. The zero-order valence-electron chi connectivity index (χ0n) is 20.0. The third kappa shape index (κ3) is 4.90. The van der Waals surface area contributed by atoms with Crippen LogP contribution >= 0.6 is 22.9 Å². The number of allylic oxidation sites excluding steroid dienone is 1. The Morgan fingerprint density at radius 2 is 1.86 bits per heavy atom. The molecule has 1 aromatic heterocycles. The van der Waals surface area contributed by atoms with Crippen molar-refractivity contribution in [3.8, 4) is 11.5 Å². The lowest BCUT2D eigenvalue weighted by Gasteiger charge is -2.25. The molecule has 9 heteroatoms. The second-order valence-electron chi connectivity index (χ2n) is 8.20. The molecule has 0 aliphatic carbocycles. The lowest BCUT2D eigenvalue weighted by atomic mass is 9.96. The van der Waals surface area contributed by atoms with Crippen molar-refractivity contribution in [1.82, 2.24) is 4.57 Å². The third-order valence-electron chi connectivity index (χ3n) is 5.49. The average Bonchev–Trinajstić information content (AvgIpc) is 3.12. The van der Waals surface area contributed by atoms with Gasteiger partial charge in [0.25, 0.3) is 5.56 Å². The van der Waals surface area contributed by atoms with Crippen LogP contribution in [-0.4, -0.2) is 30.9 Å². The van der Waals surface area contributed by atoms with Gasteiger partial charge in [0.05, 0.1) is 47.2 Å². The maximum Gasteiger partial charge on any atom is 0.338 e. The zero-order chi connectivity index (χ0) is 25.3. The number of fused-ring (bicyclic) bond motifs is 1. The summed E-state index contributed by atoms with van der Waals surface area (Å²) in [5.74, 6) is 0.719. The van der Waals surface area contributed by atoms with Crippen molar-refractivity contribution >= 4 is 35.0 Å². The molecular formula is C26H25ClN2O5S. The van der Waals surface area contributed by atoms with Crippen molar-refractivity contribution < 1.29 is 19.0 Å². The summed E-state index contributed by atoms with van der Waals surface area (Å²) < 4.78 is 18.0. The molecule has 7 nitrogen and oxygen atoms in total. The number of esters is 1. The van der Waals surface area contributed by atoms with Gasteiger partial charge in [-0.15, -0.1) is 0 Å². The maximum absolute atomic E-state index is 13.7. The Kier molecular flexibility index (Phi) is 7.14. The highest BCUT2D eigenvalue weighted by atomic mass is 35.5. The predicted octanol–water partition coefficient (Wildman–Crippen LogP) is 3.86. The highest BCUT2D eigenvalue weighted by Crippen LogP contribution is 2.32. The Morgan fingerprint density at radius 3 is 2.46 bits per heavy atom. The molecule has 0 unspecified atom stereocenters. The summed E-state index contributed by atoms with van der Waals surface area (Å²) in [7, 11) is 3.13. The summed E-state index contributed by atoms with van der Waals surface area (Å²) in [6.45, 7) is 5.32. The van der Waals surface area contributed by atoms with Crippen LogP contribution in [0.3, 0.4) is 0 Å². The van der Waals surface area contributed by atoms with E-state index in [1.54, 1.807) is 69.9 Å². The summed E-state index contributed by atoms with van der Waals surface area (Å²) in [6.07, 6.45) is 1.44. The van der Waals surface area contributed by atoms with Crippen LogP contribution < -0.4 is 24.4 Å². The largest absolute Gasteiger partial charge is 0.497 e. The van der Waals surface area contributed by atoms with Crippen molar-refractivity contribution in [2.24, 2.45) is 4.99 Å². The van der Waals surface area contributed by atoms with Crippen LogP contribution in [0.1, 0.15) is 37.9 Å². The molecule has 4 rings (SSSR count). The van der Waals surface area contributed by atoms with E-state index in [4.69, 9.17) is 25.8 Å². The number of benzene rings is 2. The number of methoxy groups -OCH3 is 2. The van der Waals surface area contributed by atoms with Gasteiger partial charge in [-0.2, -0.15) is 0 Å². The highest BCUT2D eigenvalue weighted by molar-refractivity contribution is 7.07. The summed E-state index contributed by atoms with van der Waals surface area (Å²) in [6, 6.07) is 11.9. The number of hydrogen-bond donors (Lipinski definition) is 0. The van der Waals surface area contributed by atoms with Gasteiger partial charge >= 0.3 is 5.97 Å². The number of carbonyl (C=O) groups is 1. The molecule has 0 N–H and O–H groups in total. The van der Waals surface area contributed by atoms with Gasteiger partial charge < -0.3 is 14.2 Å². The molecule has 0 saturated carbocycles. The second kappa shape index (κ2) is 10.1. The summed E-state index contributed by atoms with van der Waals surface area (Å²) in [5, 5.41) is 0.444. The number of nitrogens with zero attached hydrogens (tertiary/aromatic N) is 2. The highest BCUT2D eigenvalue weighted by Gasteiger charge is 2.33. The smallest absolute Gasteiger partial charge is 0.338 e. The van der Waals surface area contributed by atoms with Gasteiger partial charge in [-0.3, -0.25) is 9.36 Å². The van der Waals surface area contributed by atoms with Crippen LogP contribution in [0.4, 0.5) is 0 Å². The molecule has 2 aromatic carbocycles. The Balaban J connectivity index is 1.91. The van der Waals surface area contributed by atoms with E-state index in [1.807, 2.05) is 18.2 Å². The molecule has 0 radical (unpaired) electrons. The molecule has 0 bridgehead atoms.